The lowest BCUT2D eigenvalue weighted by atomic mass is 10.1. The first-order valence-electron chi connectivity index (χ1n) is 5.85. The van der Waals surface area contributed by atoms with Crippen LogP contribution < -0.4 is 10.7 Å². The third-order valence-electron chi connectivity index (χ3n) is 1.86. The van der Waals surface area contributed by atoms with Crippen molar-refractivity contribution in [3.63, 3.8) is 0 Å². The molecule has 0 radical (unpaired) electrons. The summed E-state index contributed by atoms with van der Waals surface area (Å²) in [5.74, 6) is 0. The van der Waals surface area contributed by atoms with Gasteiger partial charge in [-0.15, -0.1) is 0 Å². The molecule has 2 aliphatic rings. The average molecular weight is 227 g/mol. The normalized spacial score (nSPS) is 21.8. The van der Waals surface area contributed by atoms with E-state index >= 15 is 0 Å². The van der Waals surface area contributed by atoms with Crippen molar-refractivity contribution in [2.45, 2.75) is 32.9 Å². The van der Waals surface area contributed by atoms with Gasteiger partial charge >= 0.3 is 0 Å². The van der Waals surface area contributed by atoms with Gasteiger partial charge in [-0.05, 0) is 31.5 Å². The van der Waals surface area contributed by atoms with Gasteiger partial charge in [0.05, 0.1) is 0 Å². The SMILES string of the molecule is C1=CC=NNC=C1.CC.FC1CCCNC1. The van der Waals surface area contributed by atoms with E-state index in [0.717, 1.165) is 19.4 Å². The Bertz CT molecular complexity index is 204. The van der Waals surface area contributed by atoms with Crippen molar-refractivity contribution in [3.8, 4) is 0 Å². The summed E-state index contributed by atoms with van der Waals surface area (Å²) >= 11 is 0. The van der Waals surface area contributed by atoms with Crippen molar-refractivity contribution < 1.29 is 4.39 Å². The highest BCUT2D eigenvalue weighted by molar-refractivity contribution is 5.71. The fourth-order valence-electron chi connectivity index (χ4n) is 1.15. The highest BCUT2D eigenvalue weighted by Crippen LogP contribution is 2.03. The highest BCUT2D eigenvalue weighted by Gasteiger charge is 2.08. The van der Waals surface area contributed by atoms with Gasteiger partial charge in [0.25, 0.3) is 0 Å². The van der Waals surface area contributed by atoms with Crippen LogP contribution in [0.15, 0.2) is 29.5 Å². The van der Waals surface area contributed by atoms with Gasteiger partial charge in [-0.3, -0.25) is 5.43 Å². The molecule has 1 unspecified atom stereocenters. The molecule has 1 atom stereocenters. The fraction of sp³-hybridized carbons (Fsp3) is 0.583. The minimum Gasteiger partial charge on any atom is -0.314 e. The van der Waals surface area contributed by atoms with Crippen LogP contribution in [0.3, 0.4) is 0 Å². The van der Waals surface area contributed by atoms with Crippen LogP contribution in [-0.4, -0.2) is 25.5 Å². The van der Waals surface area contributed by atoms with Gasteiger partial charge in [-0.25, -0.2) is 4.39 Å². The first kappa shape index (κ1) is 14.8. The van der Waals surface area contributed by atoms with Crippen molar-refractivity contribution in [1.29, 1.82) is 0 Å². The Kier molecular flexibility index (Phi) is 11.0. The lowest BCUT2D eigenvalue weighted by Gasteiger charge is -2.14. The zero-order chi connectivity index (χ0) is 12.1. The minimum absolute atomic E-state index is 0.569. The number of nitrogens with one attached hydrogen (secondary N) is 2. The molecule has 0 aromatic heterocycles. The summed E-state index contributed by atoms with van der Waals surface area (Å²) < 4.78 is 12.1. The van der Waals surface area contributed by atoms with Crippen LogP contribution in [0.2, 0.25) is 0 Å². The molecule has 2 aliphatic heterocycles. The molecule has 2 rings (SSSR count). The lowest BCUT2D eigenvalue weighted by molar-refractivity contribution is 0.266. The first-order chi connectivity index (χ1) is 7.89. The van der Waals surface area contributed by atoms with Gasteiger partial charge < -0.3 is 5.32 Å². The van der Waals surface area contributed by atoms with Crippen LogP contribution in [0.4, 0.5) is 4.39 Å². The first-order valence-corrected chi connectivity index (χ1v) is 5.85. The Morgan fingerprint density at radius 1 is 1.25 bits per heavy atom. The molecule has 16 heavy (non-hydrogen) atoms. The Labute approximate surface area is 97.5 Å². The zero-order valence-corrected chi connectivity index (χ0v) is 10.1. The smallest absolute Gasteiger partial charge is 0.113 e. The number of rotatable bonds is 0. The molecule has 92 valence electrons. The van der Waals surface area contributed by atoms with E-state index in [2.05, 4.69) is 15.8 Å². The zero-order valence-electron chi connectivity index (χ0n) is 10.1. The summed E-state index contributed by atoms with van der Waals surface area (Å²) in [5.41, 5.74) is 2.67. The highest BCUT2D eigenvalue weighted by atomic mass is 19.1. The molecule has 2 heterocycles. The Morgan fingerprint density at radius 2 is 2.06 bits per heavy atom. The Morgan fingerprint density at radius 3 is 2.62 bits per heavy atom. The molecule has 2 N–H and O–H groups in total. The van der Waals surface area contributed by atoms with Gasteiger partial charge in [0, 0.05) is 19.0 Å². The molecule has 1 saturated heterocycles. The van der Waals surface area contributed by atoms with Crippen molar-refractivity contribution >= 4 is 6.21 Å². The van der Waals surface area contributed by atoms with E-state index in [0.29, 0.717) is 6.54 Å². The van der Waals surface area contributed by atoms with E-state index in [9.17, 15) is 4.39 Å². The summed E-state index contributed by atoms with van der Waals surface area (Å²) in [6.07, 6.45) is 10.3. The number of halogens is 1. The number of piperidine rings is 1. The van der Waals surface area contributed by atoms with Crippen LogP contribution in [0.5, 0.6) is 0 Å². The molecule has 0 aromatic rings. The van der Waals surface area contributed by atoms with Gasteiger partial charge in [0.2, 0.25) is 0 Å². The van der Waals surface area contributed by atoms with Crippen LogP contribution in [0, 0.1) is 0 Å². The van der Waals surface area contributed by atoms with Gasteiger partial charge in [0.1, 0.15) is 6.17 Å². The molecule has 0 spiro atoms. The summed E-state index contributed by atoms with van der Waals surface area (Å²) in [4.78, 5) is 0. The van der Waals surface area contributed by atoms with Crippen molar-refractivity contribution in [2.75, 3.05) is 13.1 Å². The standard InChI is InChI=1S/C5H10FN.C5H6N2.C2H6/c6-5-2-1-3-7-4-5;1-2-4-6-7-5-3-1;1-2/h5,7H,1-4H2;1-6H;1-2H3. The second kappa shape index (κ2) is 11.9. The quantitative estimate of drug-likeness (QED) is 0.666. The van der Waals surface area contributed by atoms with E-state index in [1.165, 1.54) is 0 Å². The number of alkyl halides is 1. The van der Waals surface area contributed by atoms with Gasteiger partial charge in [-0.2, -0.15) is 5.10 Å². The second-order valence-corrected chi connectivity index (χ2v) is 3.09. The van der Waals surface area contributed by atoms with E-state index < -0.39 is 6.17 Å². The summed E-state index contributed by atoms with van der Waals surface area (Å²) in [7, 11) is 0. The largest absolute Gasteiger partial charge is 0.314 e. The molecule has 3 nitrogen and oxygen atoms in total. The number of hydrogen-bond acceptors (Lipinski definition) is 3. The van der Waals surface area contributed by atoms with Crippen molar-refractivity contribution in [2.24, 2.45) is 5.10 Å². The van der Waals surface area contributed by atoms with Crippen LogP contribution >= 0.6 is 0 Å². The van der Waals surface area contributed by atoms with Gasteiger partial charge in [0.15, 0.2) is 0 Å². The molecule has 0 amide bonds. The molecular weight excluding hydrogens is 205 g/mol. The van der Waals surface area contributed by atoms with E-state index in [-0.39, 0.29) is 0 Å². The number of allylic oxidation sites excluding steroid dienone is 3. The monoisotopic (exact) mass is 227 g/mol. The van der Waals surface area contributed by atoms with E-state index in [1.807, 2.05) is 32.1 Å². The van der Waals surface area contributed by atoms with Crippen molar-refractivity contribution in [3.05, 3.63) is 24.4 Å². The van der Waals surface area contributed by atoms with Crippen LogP contribution in [0.1, 0.15) is 26.7 Å². The number of hydrogen-bond donors (Lipinski definition) is 2. The number of nitrogens with zero attached hydrogens (tertiary/aromatic N) is 1. The number of hydrazone groups is 1. The summed E-state index contributed by atoms with van der Waals surface area (Å²) in [6.45, 7) is 5.57. The molecule has 0 saturated carbocycles. The molecule has 1 fully saturated rings. The van der Waals surface area contributed by atoms with Crippen LogP contribution in [-0.2, 0) is 0 Å². The lowest BCUT2D eigenvalue weighted by Crippen LogP contribution is -2.30. The fourth-order valence-corrected chi connectivity index (χ4v) is 1.15. The summed E-state index contributed by atoms with van der Waals surface area (Å²) in [6, 6.07) is 0. The third kappa shape index (κ3) is 9.40. The maximum absolute atomic E-state index is 12.1. The van der Waals surface area contributed by atoms with Crippen LogP contribution in [0.25, 0.3) is 0 Å². The topological polar surface area (TPSA) is 36.4 Å². The second-order valence-electron chi connectivity index (χ2n) is 3.09. The Balaban J connectivity index is 0.000000244. The average Bonchev–Trinajstić information content (AvgIpc) is 2.65. The van der Waals surface area contributed by atoms with E-state index in [1.54, 1.807) is 12.4 Å². The molecule has 4 heteroatoms. The minimum atomic E-state index is -0.575. The predicted octanol–water partition coefficient (Wildman–Crippen LogP) is 2.38. The molecule has 0 aliphatic carbocycles. The molecular formula is C12H22FN3. The molecule has 0 aromatic carbocycles. The van der Waals surface area contributed by atoms with Crippen molar-refractivity contribution in [1.82, 2.24) is 10.7 Å². The maximum Gasteiger partial charge on any atom is 0.113 e. The van der Waals surface area contributed by atoms with Gasteiger partial charge in [-0.1, -0.05) is 19.9 Å². The predicted molar refractivity (Wildman–Crippen MR) is 68.3 cm³/mol. The Hall–Kier alpha value is -1.16. The van der Waals surface area contributed by atoms with E-state index in [4.69, 9.17) is 0 Å². The maximum atomic E-state index is 12.1. The summed E-state index contributed by atoms with van der Waals surface area (Å²) in [5, 5.41) is 6.68. The molecule has 0 bridgehead atoms. The third-order valence-corrected chi connectivity index (χ3v) is 1.86.